The number of hydrogen-bond donors (Lipinski definition) is 1. The molecule has 1 saturated heterocycles. The Kier molecular flexibility index (Phi) is 3.54. The molecule has 1 rings (SSSR count). The molecule has 1 heterocycles. The van der Waals surface area contributed by atoms with Gasteiger partial charge in [-0.3, -0.25) is 0 Å². The Bertz CT molecular complexity index is 182. The van der Waals surface area contributed by atoms with Crippen LogP contribution in [0.25, 0.3) is 0 Å². The van der Waals surface area contributed by atoms with Crippen LogP contribution in [-0.2, 0) is 0 Å². The van der Waals surface area contributed by atoms with Gasteiger partial charge in [0.25, 0.3) is 0 Å². The van der Waals surface area contributed by atoms with Crippen molar-refractivity contribution >= 4 is 6.03 Å². The smallest absolute Gasteiger partial charge is 0.316 e. The first-order valence-electron chi connectivity index (χ1n) is 4.76. The number of likely N-dealkylation sites (N-methyl/N-ethyl adjacent to an activating group) is 1. The van der Waals surface area contributed by atoms with Gasteiger partial charge in [-0.15, -0.1) is 0 Å². The van der Waals surface area contributed by atoms with Crippen LogP contribution < -0.4 is 5.32 Å². The molecule has 0 spiro atoms. The Morgan fingerprint density at radius 3 is 2.77 bits per heavy atom. The quantitative estimate of drug-likeness (QED) is 0.674. The summed E-state index contributed by atoms with van der Waals surface area (Å²) in [6.45, 7) is 1.93. The van der Waals surface area contributed by atoms with Crippen LogP contribution in [0.2, 0.25) is 0 Å². The molecule has 0 aromatic rings. The van der Waals surface area contributed by atoms with Crippen LogP contribution in [0, 0.1) is 0 Å². The summed E-state index contributed by atoms with van der Waals surface area (Å²) in [6.07, 6.45) is 2.45. The first kappa shape index (κ1) is 10.3. The fourth-order valence-electron chi connectivity index (χ4n) is 1.60. The number of hydrogen-bond acceptors (Lipinski definition) is 2. The topological polar surface area (TPSA) is 35.6 Å². The van der Waals surface area contributed by atoms with Crippen molar-refractivity contribution in [3.8, 4) is 0 Å². The minimum Gasteiger partial charge on any atom is -0.336 e. The van der Waals surface area contributed by atoms with Crippen molar-refractivity contribution in [3.05, 3.63) is 0 Å². The molecule has 0 saturated carbocycles. The van der Waals surface area contributed by atoms with E-state index in [4.69, 9.17) is 0 Å². The molecule has 4 nitrogen and oxygen atoms in total. The van der Waals surface area contributed by atoms with Gasteiger partial charge in [0, 0.05) is 26.7 Å². The van der Waals surface area contributed by atoms with Gasteiger partial charge < -0.3 is 15.1 Å². The Morgan fingerprint density at radius 2 is 2.31 bits per heavy atom. The van der Waals surface area contributed by atoms with Crippen molar-refractivity contribution < 1.29 is 4.79 Å². The molecule has 0 aliphatic carbocycles. The van der Waals surface area contributed by atoms with Crippen LogP contribution in [0.5, 0.6) is 0 Å². The molecule has 0 aromatic heterocycles. The minimum absolute atomic E-state index is 0.000278. The molecule has 2 amide bonds. The number of amides is 2. The molecular formula is C9H19N3O. The number of nitrogens with one attached hydrogen (secondary N) is 1. The number of carbonyl (C=O) groups excluding carboxylic acids is 1. The molecule has 1 fully saturated rings. The summed E-state index contributed by atoms with van der Waals surface area (Å²) in [4.78, 5) is 15.1. The highest BCUT2D eigenvalue weighted by Crippen LogP contribution is 2.13. The minimum atomic E-state index is 0.000278. The predicted molar refractivity (Wildman–Crippen MR) is 52.7 cm³/mol. The predicted octanol–water partition coefficient (Wildman–Crippen LogP) is 0.352. The highest BCUT2D eigenvalue weighted by molar-refractivity contribution is 5.73. The summed E-state index contributed by atoms with van der Waals surface area (Å²) in [5, 5.41) is 2.90. The molecule has 0 radical (unpaired) electrons. The normalized spacial score (nSPS) is 23.2. The average molecular weight is 185 g/mol. The summed E-state index contributed by atoms with van der Waals surface area (Å²) in [5.74, 6) is 0. The molecule has 1 aliphatic rings. The van der Waals surface area contributed by atoms with E-state index in [0.29, 0.717) is 6.04 Å². The van der Waals surface area contributed by atoms with E-state index in [1.54, 1.807) is 19.0 Å². The van der Waals surface area contributed by atoms with Gasteiger partial charge in [-0.05, 0) is 26.4 Å². The lowest BCUT2D eigenvalue weighted by Gasteiger charge is -2.21. The first-order chi connectivity index (χ1) is 6.11. The van der Waals surface area contributed by atoms with Crippen LogP contribution in [0.3, 0.4) is 0 Å². The largest absolute Gasteiger partial charge is 0.336 e. The van der Waals surface area contributed by atoms with Crippen molar-refractivity contribution in [3.63, 3.8) is 0 Å². The van der Waals surface area contributed by atoms with Crippen LogP contribution in [-0.4, -0.2) is 56.1 Å². The van der Waals surface area contributed by atoms with E-state index in [0.717, 1.165) is 13.1 Å². The average Bonchev–Trinajstić information content (AvgIpc) is 2.47. The van der Waals surface area contributed by atoms with Crippen molar-refractivity contribution in [1.29, 1.82) is 0 Å². The lowest BCUT2D eigenvalue weighted by Crippen LogP contribution is -2.42. The molecule has 1 atom stereocenters. The van der Waals surface area contributed by atoms with Gasteiger partial charge in [-0.1, -0.05) is 0 Å². The SMILES string of the molecule is CN(C)C(=O)NCC1CCCN1C. The molecular weight excluding hydrogens is 166 g/mol. The molecule has 1 N–H and O–H groups in total. The molecule has 1 aliphatic heterocycles. The van der Waals surface area contributed by atoms with E-state index in [1.165, 1.54) is 12.8 Å². The molecule has 4 heteroatoms. The van der Waals surface area contributed by atoms with Crippen LogP contribution in [0.15, 0.2) is 0 Å². The summed E-state index contributed by atoms with van der Waals surface area (Å²) in [5.41, 5.74) is 0. The van der Waals surface area contributed by atoms with E-state index in [9.17, 15) is 4.79 Å². The van der Waals surface area contributed by atoms with Gasteiger partial charge in [-0.25, -0.2) is 4.79 Å². The number of likely N-dealkylation sites (tertiary alicyclic amines) is 1. The van der Waals surface area contributed by atoms with Crippen LogP contribution >= 0.6 is 0 Å². The maximum Gasteiger partial charge on any atom is 0.316 e. The molecule has 1 unspecified atom stereocenters. The van der Waals surface area contributed by atoms with E-state index in [1.807, 2.05) is 0 Å². The third-order valence-corrected chi connectivity index (χ3v) is 2.57. The van der Waals surface area contributed by atoms with E-state index < -0.39 is 0 Å². The highest BCUT2D eigenvalue weighted by atomic mass is 16.2. The van der Waals surface area contributed by atoms with Gasteiger partial charge in [0.15, 0.2) is 0 Å². The maximum absolute atomic E-state index is 11.2. The van der Waals surface area contributed by atoms with E-state index in [-0.39, 0.29) is 6.03 Å². The standard InChI is InChI=1S/C9H19N3O/c1-11(2)9(13)10-7-8-5-4-6-12(8)3/h8H,4-7H2,1-3H3,(H,10,13). The second-order valence-corrected chi connectivity index (χ2v) is 3.86. The van der Waals surface area contributed by atoms with E-state index >= 15 is 0 Å². The second-order valence-electron chi connectivity index (χ2n) is 3.86. The lowest BCUT2D eigenvalue weighted by atomic mass is 10.2. The third-order valence-electron chi connectivity index (χ3n) is 2.57. The zero-order chi connectivity index (χ0) is 9.84. The summed E-state index contributed by atoms with van der Waals surface area (Å²) in [7, 11) is 5.63. The number of nitrogens with zero attached hydrogens (tertiary/aromatic N) is 2. The van der Waals surface area contributed by atoms with Gasteiger partial charge in [-0.2, -0.15) is 0 Å². The fraction of sp³-hybridized carbons (Fsp3) is 0.889. The Hall–Kier alpha value is -0.770. The summed E-state index contributed by atoms with van der Waals surface area (Å²) < 4.78 is 0. The van der Waals surface area contributed by atoms with Crippen molar-refractivity contribution in [2.45, 2.75) is 18.9 Å². The Balaban J connectivity index is 2.22. The van der Waals surface area contributed by atoms with Gasteiger partial charge in [0.05, 0.1) is 0 Å². The molecule has 13 heavy (non-hydrogen) atoms. The summed E-state index contributed by atoms with van der Waals surface area (Å²) in [6, 6.07) is 0.532. The zero-order valence-corrected chi connectivity index (χ0v) is 8.71. The maximum atomic E-state index is 11.2. The Labute approximate surface area is 79.9 Å². The van der Waals surface area contributed by atoms with E-state index in [2.05, 4.69) is 17.3 Å². The Morgan fingerprint density at radius 1 is 1.62 bits per heavy atom. The monoisotopic (exact) mass is 185 g/mol. The van der Waals surface area contributed by atoms with Crippen molar-refractivity contribution in [1.82, 2.24) is 15.1 Å². The molecule has 76 valence electrons. The van der Waals surface area contributed by atoms with Crippen molar-refractivity contribution in [2.24, 2.45) is 0 Å². The zero-order valence-electron chi connectivity index (χ0n) is 8.71. The number of rotatable bonds is 2. The highest BCUT2D eigenvalue weighted by Gasteiger charge is 2.21. The van der Waals surface area contributed by atoms with Gasteiger partial charge in [0.1, 0.15) is 0 Å². The fourth-order valence-corrected chi connectivity index (χ4v) is 1.60. The van der Waals surface area contributed by atoms with Gasteiger partial charge >= 0.3 is 6.03 Å². The number of carbonyl (C=O) groups is 1. The van der Waals surface area contributed by atoms with Crippen LogP contribution in [0.1, 0.15) is 12.8 Å². The molecule has 0 bridgehead atoms. The summed E-state index contributed by atoms with van der Waals surface area (Å²) >= 11 is 0. The first-order valence-corrected chi connectivity index (χ1v) is 4.76. The van der Waals surface area contributed by atoms with Crippen molar-refractivity contribution in [2.75, 3.05) is 34.2 Å². The number of urea groups is 1. The van der Waals surface area contributed by atoms with Gasteiger partial charge in [0.2, 0.25) is 0 Å². The van der Waals surface area contributed by atoms with Crippen LogP contribution in [0.4, 0.5) is 4.79 Å². The third kappa shape index (κ3) is 2.88. The second kappa shape index (κ2) is 4.46. The lowest BCUT2D eigenvalue weighted by molar-refractivity contribution is 0.212. The molecule has 0 aromatic carbocycles.